The molecule has 0 saturated carbocycles. The molecular weight excluding hydrogens is 118 g/mol. The molecule has 0 rings (SSSR count). The van der Waals surface area contributed by atoms with Crippen LogP contribution in [-0.2, 0) is 4.79 Å². The number of likely N-dealkylation sites (N-methyl/N-ethyl adjacent to an activating group) is 1. The molecule has 0 saturated heterocycles. The maximum atomic E-state index is 9.88. The highest BCUT2D eigenvalue weighted by molar-refractivity contribution is 5.79. The normalized spacial score (nSPS) is 11.0. The van der Waals surface area contributed by atoms with Gasteiger partial charge in [0.05, 0.1) is 20.6 Å². The fourth-order valence-electron chi connectivity index (χ4n) is 0.395. The van der Waals surface area contributed by atoms with Crippen LogP contribution < -0.4 is 4.90 Å². The van der Waals surface area contributed by atoms with Gasteiger partial charge in [0.25, 0.3) is 0 Å². The molecule has 3 heteroatoms. The lowest BCUT2D eigenvalue weighted by atomic mass is 10.5. The van der Waals surface area contributed by atoms with E-state index in [1.807, 2.05) is 14.1 Å². The first-order chi connectivity index (χ1) is 4.13. The van der Waals surface area contributed by atoms with Crippen LogP contribution >= 0.6 is 0 Å². The molecule has 0 unspecified atom stereocenters. The highest BCUT2D eigenvalue weighted by atomic mass is 16.4. The topological polar surface area (TPSA) is 41.7 Å². The molecule has 0 bridgehead atoms. The van der Waals surface area contributed by atoms with Crippen LogP contribution in [0.1, 0.15) is 0 Å². The van der Waals surface area contributed by atoms with Gasteiger partial charge in [-0.15, -0.1) is 0 Å². The maximum absolute atomic E-state index is 9.88. The summed E-state index contributed by atoms with van der Waals surface area (Å²) in [7, 11) is 3.93. The second-order valence-corrected chi connectivity index (χ2v) is 2.15. The molecule has 0 aromatic heterocycles. The molecule has 0 aliphatic carbocycles. The van der Waals surface area contributed by atoms with Gasteiger partial charge < -0.3 is 10.0 Å². The summed E-state index contributed by atoms with van der Waals surface area (Å²) in [5.74, 6) is -0.878. The molecule has 0 radical (unpaired) electrons. The standard InChI is InChI=1S/C6H11NO2/c1-7(2)5-3-4-6(8)9/h3-4H,5H2,1-2H3,(H,8,9)/p+1/b4-3+. The number of carbonyl (C=O) groups is 1. The molecular formula is C6H12NO2+. The zero-order chi connectivity index (χ0) is 7.28. The summed E-state index contributed by atoms with van der Waals surface area (Å²) in [5.41, 5.74) is 0. The van der Waals surface area contributed by atoms with Crippen LogP contribution in [-0.4, -0.2) is 31.7 Å². The fraction of sp³-hybridized carbons (Fsp3) is 0.500. The molecule has 52 valence electrons. The SMILES string of the molecule is C[NH+](C)C/C=C/C(=O)O. The van der Waals surface area contributed by atoms with Crippen molar-refractivity contribution in [3.8, 4) is 0 Å². The third-order valence-corrected chi connectivity index (χ3v) is 0.787. The van der Waals surface area contributed by atoms with E-state index in [9.17, 15) is 4.79 Å². The third kappa shape index (κ3) is 7.17. The Kier molecular flexibility index (Phi) is 3.71. The van der Waals surface area contributed by atoms with Gasteiger partial charge in [-0.25, -0.2) is 4.79 Å². The van der Waals surface area contributed by atoms with Gasteiger partial charge in [-0.05, 0) is 6.08 Å². The van der Waals surface area contributed by atoms with Crippen LogP contribution in [0.25, 0.3) is 0 Å². The minimum absolute atomic E-state index is 0.756. The van der Waals surface area contributed by atoms with Crippen molar-refractivity contribution >= 4 is 5.97 Å². The molecule has 0 aromatic carbocycles. The highest BCUT2D eigenvalue weighted by Crippen LogP contribution is 1.65. The molecule has 0 spiro atoms. The number of rotatable bonds is 3. The second-order valence-electron chi connectivity index (χ2n) is 2.15. The van der Waals surface area contributed by atoms with Crippen LogP contribution in [0.5, 0.6) is 0 Å². The molecule has 0 aromatic rings. The van der Waals surface area contributed by atoms with Gasteiger partial charge in [-0.2, -0.15) is 0 Å². The summed E-state index contributed by atoms with van der Waals surface area (Å²) < 4.78 is 0. The minimum atomic E-state index is -0.878. The predicted molar refractivity (Wildman–Crippen MR) is 34.5 cm³/mol. The van der Waals surface area contributed by atoms with E-state index in [1.165, 1.54) is 4.90 Å². The number of aliphatic carboxylic acids is 1. The minimum Gasteiger partial charge on any atom is -0.478 e. The molecule has 9 heavy (non-hydrogen) atoms. The highest BCUT2D eigenvalue weighted by Gasteiger charge is 1.87. The van der Waals surface area contributed by atoms with E-state index in [2.05, 4.69) is 0 Å². The Hall–Kier alpha value is -0.830. The number of carboxylic acids is 1. The lowest BCUT2D eigenvalue weighted by Crippen LogP contribution is -3.05. The van der Waals surface area contributed by atoms with Gasteiger partial charge in [-0.1, -0.05) is 0 Å². The Morgan fingerprint density at radius 1 is 1.67 bits per heavy atom. The first-order valence-electron chi connectivity index (χ1n) is 2.81. The van der Waals surface area contributed by atoms with E-state index < -0.39 is 5.97 Å². The van der Waals surface area contributed by atoms with Gasteiger partial charge in [0, 0.05) is 6.08 Å². The average molecular weight is 130 g/mol. The van der Waals surface area contributed by atoms with E-state index >= 15 is 0 Å². The second kappa shape index (κ2) is 4.09. The van der Waals surface area contributed by atoms with E-state index in [1.54, 1.807) is 6.08 Å². The zero-order valence-corrected chi connectivity index (χ0v) is 5.72. The lowest BCUT2D eigenvalue weighted by molar-refractivity contribution is -0.851. The average Bonchev–Trinajstić information content (AvgIpc) is 1.63. The summed E-state index contributed by atoms with van der Waals surface area (Å²) in [6, 6.07) is 0. The van der Waals surface area contributed by atoms with Crippen LogP contribution in [0.15, 0.2) is 12.2 Å². The van der Waals surface area contributed by atoms with Crippen molar-refractivity contribution in [1.82, 2.24) is 0 Å². The van der Waals surface area contributed by atoms with Gasteiger partial charge in [0.1, 0.15) is 0 Å². The molecule has 0 aliphatic heterocycles. The summed E-state index contributed by atoms with van der Waals surface area (Å²) in [6.45, 7) is 0.756. The summed E-state index contributed by atoms with van der Waals surface area (Å²) >= 11 is 0. The molecule has 0 amide bonds. The number of carboxylic acid groups (broad SMARTS) is 1. The summed E-state index contributed by atoms with van der Waals surface area (Å²) in [4.78, 5) is 11.1. The fourth-order valence-corrected chi connectivity index (χ4v) is 0.395. The molecule has 3 nitrogen and oxygen atoms in total. The molecule has 2 N–H and O–H groups in total. The Morgan fingerprint density at radius 3 is 2.56 bits per heavy atom. The Balaban J connectivity index is 3.36. The molecule has 0 heterocycles. The van der Waals surface area contributed by atoms with E-state index in [4.69, 9.17) is 5.11 Å². The molecule has 0 fully saturated rings. The largest absolute Gasteiger partial charge is 0.478 e. The Morgan fingerprint density at radius 2 is 2.22 bits per heavy atom. The van der Waals surface area contributed by atoms with Crippen molar-refractivity contribution in [3.63, 3.8) is 0 Å². The van der Waals surface area contributed by atoms with E-state index in [-0.39, 0.29) is 0 Å². The summed E-state index contributed by atoms with van der Waals surface area (Å²) in [5, 5.41) is 8.13. The zero-order valence-electron chi connectivity index (χ0n) is 5.72. The van der Waals surface area contributed by atoms with Crippen molar-refractivity contribution in [2.45, 2.75) is 0 Å². The lowest BCUT2D eigenvalue weighted by Gasteiger charge is -1.99. The van der Waals surface area contributed by atoms with Crippen molar-refractivity contribution in [1.29, 1.82) is 0 Å². The van der Waals surface area contributed by atoms with Crippen LogP contribution in [0, 0.1) is 0 Å². The van der Waals surface area contributed by atoms with Crippen LogP contribution in [0.2, 0.25) is 0 Å². The number of nitrogens with one attached hydrogen (secondary N) is 1. The van der Waals surface area contributed by atoms with Gasteiger partial charge in [0.15, 0.2) is 0 Å². The first kappa shape index (κ1) is 8.17. The van der Waals surface area contributed by atoms with Crippen molar-refractivity contribution < 1.29 is 14.8 Å². The van der Waals surface area contributed by atoms with Crippen molar-refractivity contribution in [3.05, 3.63) is 12.2 Å². The number of quaternary nitrogens is 1. The maximum Gasteiger partial charge on any atom is 0.328 e. The predicted octanol–water partition coefficient (Wildman–Crippen LogP) is -1.23. The Labute approximate surface area is 54.6 Å². The van der Waals surface area contributed by atoms with Gasteiger partial charge in [-0.3, -0.25) is 0 Å². The Bertz CT molecular complexity index is 118. The van der Waals surface area contributed by atoms with Crippen molar-refractivity contribution in [2.75, 3.05) is 20.6 Å². The third-order valence-electron chi connectivity index (χ3n) is 0.787. The van der Waals surface area contributed by atoms with E-state index in [0.29, 0.717) is 0 Å². The quantitative estimate of drug-likeness (QED) is 0.470. The van der Waals surface area contributed by atoms with Crippen LogP contribution in [0.3, 0.4) is 0 Å². The first-order valence-corrected chi connectivity index (χ1v) is 2.81. The van der Waals surface area contributed by atoms with Gasteiger partial charge in [0.2, 0.25) is 0 Å². The number of hydrogen-bond donors (Lipinski definition) is 2. The molecule has 0 atom stereocenters. The van der Waals surface area contributed by atoms with Crippen molar-refractivity contribution in [2.24, 2.45) is 0 Å². The summed E-state index contributed by atoms with van der Waals surface area (Å²) in [6.07, 6.45) is 2.80. The smallest absolute Gasteiger partial charge is 0.328 e. The molecule has 0 aliphatic rings. The monoisotopic (exact) mass is 130 g/mol. The van der Waals surface area contributed by atoms with Crippen LogP contribution in [0.4, 0.5) is 0 Å². The van der Waals surface area contributed by atoms with E-state index in [0.717, 1.165) is 12.6 Å². The number of hydrogen-bond acceptors (Lipinski definition) is 1. The van der Waals surface area contributed by atoms with Gasteiger partial charge >= 0.3 is 5.97 Å².